The zero-order valence-electron chi connectivity index (χ0n) is 15.7. The summed E-state index contributed by atoms with van der Waals surface area (Å²) in [6.45, 7) is 8.26. The summed E-state index contributed by atoms with van der Waals surface area (Å²) in [5.41, 5.74) is -1.86. The second-order valence-electron chi connectivity index (χ2n) is 7.28. The molecule has 0 spiro atoms. The monoisotopic (exact) mass is 364 g/mol. The molecule has 0 aromatic heterocycles. The molecule has 0 aromatic rings. The highest BCUT2D eigenvalue weighted by atomic mass is 16.7. The van der Waals surface area contributed by atoms with E-state index in [1.807, 2.05) is 0 Å². The molecule has 1 fully saturated rings. The van der Waals surface area contributed by atoms with Crippen molar-refractivity contribution in [1.29, 1.82) is 0 Å². The summed E-state index contributed by atoms with van der Waals surface area (Å²) in [7, 11) is 2.47. The van der Waals surface area contributed by atoms with Crippen molar-refractivity contribution in [2.75, 3.05) is 20.8 Å². The molecule has 1 heterocycles. The summed E-state index contributed by atoms with van der Waals surface area (Å²) in [6, 6.07) is -2.60. The fourth-order valence-corrected chi connectivity index (χ4v) is 2.74. The highest BCUT2D eigenvalue weighted by Crippen LogP contribution is 2.32. The Labute approximate surface area is 147 Å². The molecule has 1 rings (SSSR count). The van der Waals surface area contributed by atoms with Crippen LogP contribution in [0.4, 0.5) is 4.79 Å². The van der Waals surface area contributed by atoms with Crippen molar-refractivity contribution in [2.45, 2.75) is 70.4 Å². The van der Waals surface area contributed by atoms with Crippen molar-refractivity contribution in [3.8, 4) is 0 Å². The lowest BCUT2D eigenvalue weighted by atomic mass is 10.0. The Bertz CT molecular complexity index is 486. The van der Waals surface area contributed by atoms with E-state index in [1.54, 1.807) is 34.6 Å². The molecule has 1 N–H and O–H groups in total. The lowest BCUT2D eigenvalue weighted by Gasteiger charge is -2.37. The lowest BCUT2D eigenvalue weighted by molar-refractivity contribution is -0.560. The molecular weight excluding hydrogens is 336 g/mol. The van der Waals surface area contributed by atoms with Gasteiger partial charge in [0.15, 0.2) is 0 Å². The third-order valence-corrected chi connectivity index (χ3v) is 3.84. The number of hydrogen-bond acceptors (Lipinski definition) is 8. The van der Waals surface area contributed by atoms with Gasteiger partial charge in [0.05, 0.1) is 12.6 Å². The van der Waals surface area contributed by atoms with E-state index >= 15 is 0 Å². The first-order valence-electron chi connectivity index (χ1n) is 7.89. The fraction of sp³-hybridized carbons (Fsp3) is 0.933. The SMILES string of the molecule is COC(OC)[C@@H]([C@@H](O)[C@@H]1COC(C)(C)N1C(=O)OC(C)(C)C)[N+](=O)[O-]. The van der Waals surface area contributed by atoms with Gasteiger partial charge in [0.1, 0.15) is 17.4 Å². The quantitative estimate of drug-likeness (QED) is 0.421. The number of rotatable bonds is 6. The van der Waals surface area contributed by atoms with Gasteiger partial charge in [0.25, 0.3) is 6.04 Å². The molecular formula is C15H28N2O8. The van der Waals surface area contributed by atoms with Gasteiger partial charge in [-0.1, -0.05) is 0 Å². The van der Waals surface area contributed by atoms with Crippen molar-refractivity contribution in [2.24, 2.45) is 0 Å². The topological polar surface area (TPSA) is 121 Å². The Morgan fingerprint density at radius 1 is 1.36 bits per heavy atom. The van der Waals surface area contributed by atoms with Crippen LogP contribution in [0.15, 0.2) is 0 Å². The molecule has 0 aromatic carbocycles. The lowest BCUT2D eigenvalue weighted by Crippen LogP contribution is -2.59. The number of amides is 1. The van der Waals surface area contributed by atoms with Crippen LogP contribution in [0.1, 0.15) is 34.6 Å². The number of aliphatic hydroxyl groups is 1. The molecule has 0 unspecified atom stereocenters. The predicted octanol–water partition coefficient (Wildman–Crippen LogP) is 0.984. The first kappa shape index (κ1) is 21.6. The van der Waals surface area contributed by atoms with Gasteiger partial charge < -0.3 is 24.1 Å². The molecule has 1 aliphatic rings. The molecule has 0 bridgehead atoms. The van der Waals surface area contributed by atoms with Crippen molar-refractivity contribution < 1.29 is 33.8 Å². The Kier molecular flexibility index (Phi) is 6.74. The van der Waals surface area contributed by atoms with Crippen LogP contribution < -0.4 is 0 Å². The number of nitrogens with zero attached hydrogens (tertiary/aromatic N) is 2. The highest BCUT2D eigenvalue weighted by Gasteiger charge is 2.54. The molecule has 1 saturated heterocycles. The third-order valence-electron chi connectivity index (χ3n) is 3.84. The van der Waals surface area contributed by atoms with E-state index in [0.29, 0.717) is 0 Å². The summed E-state index contributed by atoms with van der Waals surface area (Å²) in [4.78, 5) is 24.5. The number of nitro groups is 1. The van der Waals surface area contributed by atoms with Crippen LogP contribution in [0.3, 0.4) is 0 Å². The Hall–Kier alpha value is -1.49. The minimum Gasteiger partial charge on any atom is -0.444 e. The normalized spacial score (nSPS) is 22.8. The Balaban J connectivity index is 3.14. The fourth-order valence-electron chi connectivity index (χ4n) is 2.74. The van der Waals surface area contributed by atoms with Crippen LogP contribution in [-0.2, 0) is 18.9 Å². The zero-order chi connectivity index (χ0) is 19.6. The van der Waals surface area contributed by atoms with E-state index in [-0.39, 0.29) is 6.61 Å². The maximum absolute atomic E-state index is 12.6. The van der Waals surface area contributed by atoms with Crippen molar-refractivity contribution in [3.63, 3.8) is 0 Å². The largest absolute Gasteiger partial charge is 0.444 e. The summed E-state index contributed by atoms with van der Waals surface area (Å²) in [5.74, 6) is 0. The van der Waals surface area contributed by atoms with E-state index < -0.39 is 46.8 Å². The summed E-state index contributed by atoms with van der Waals surface area (Å²) < 4.78 is 20.8. The molecule has 1 amide bonds. The number of carbonyl (C=O) groups excluding carboxylic acids is 1. The van der Waals surface area contributed by atoms with Gasteiger partial charge in [-0.15, -0.1) is 0 Å². The molecule has 1 aliphatic heterocycles. The highest BCUT2D eigenvalue weighted by molar-refractivity contribution is 5.70. The van der Waals surface area contributed by atoms with Crippen molar-refractivity contribution in [1.82, 2.24) is 4.90 Å². The summed E-state index contributed by atoms with van der Waals surface area (Å²) in [6.07, 6.45) is -3.60. The smallest absolute Gasteiger partial charge is 0.412 e. The van der Waals surface area contributed by atoms with Gasteiger partial charge in [-0.2, -0.15) is 0 Å². The second-order valence-corrected chi connectivity index (χ2v) is 7.28. The van der Waals surface area contributed by atoms with Gasteiger partial charge in [0, 0.05) is 19.1 Å². The van der Waals surface area contributed by atoms with E-state index in [1.165, 1.54) is 19.1 Å². The minimum atomic E-state index is -1.61. The van der Waals surface area contributed by atoms with Crippen LogP contribution in [0.25, 0.3) is 0 Å². The Morgan fingerprint density at radius 3 is 2.28 bits per heavy atom. The molecule has 0 aliphatic carbocycles. The van der Waals surface area contributed by atoms with Crippen LogP contribution in [-0.4, -0.2) is 77.7 Å². The molecule has 25 heavy (non-hydrogen) atoms. The summed E-state index contributed by atoms with van der Waals surface area (Å²) in [5, 5.41) is 22.1. The number of carbonyl (C=O) groups is 1. The predicted molar refractivity (Wildman–Crippen MR) is 86.5 cm³/mol. The van der Waals surface area contributed by atoms with Gasteiger partial charge >= 0.3 is 6.09 Å². The first-order valence-corrected chi connectivity index (χ1v) is 7.89. The zero-order valence-corrected chi connectivity index (χ0v) is 15.7. The molecule has 10 nitrogen and oxygen atoms in total. The number of hydrogen-bond donors (Lipinski definition) is 1. The number of aliphatic hydroxyl groups excluding tert-OH is 1. The average Bonchev–Trinajstić information content (AvgIpc) is 2.77. The number of ether oxygens (including phenoxy) is 4. The third kappa shape index (κ3) is 5.00. The van der Waals surface area contributed by atoms with Crippen LogP contribution in [0.5, 0.6) is 0 Å². The van der Waals surface area contributed by atoms with Crippen molar-refractivity contribution in [3.05, 3.63) is 10.1 Å². The first-order chi connectivity index (χ1) is 11.4. The molecule has 10 heteroatoms. The second kappa shape index (κ2) is 7.81. The van der Waals surface area contributed by atoms with Gasteiger partial charge in [-0.05, 0) is 34.6 Å². The number of methoxy groups -OCH3 is 2. The maximum atomic E-state index is 12.6. The van der Waals surface area contributed by atoms with E-state index in [0.717, 1.165) is 0 Å². The van der Waals surface area contributed by atoms with E-state index in [4.69, 9.17) is 18.9 Å². The molecule has 0 saturated carbocycles. The standard InChI is InChI=1S/C15H28N2O8/c1-14(2,3)25-13(19)16-9(8-24-15(16,4)5)11(18)10(17(20)21)12(22-6)23-7/h9-12,18H,8H2,1-7H3/t9-,10+,11-/m0/s1. The van der Waals surface area contributed by atoms with Gasteiger partial charge in [-0.3, -0.25) is 15.0 Å². The minimum absolute atomic E-state index is 0.0854. The maximum Gasteiger partial charge on any atom is 0.412 e. The molecule has 3 atom stereocenters. The van der Waals surface area contributed by atoms with Gasteiger partial charge in [0.2, 0.25) is 6.29 Å². The molecule has 0 radical (unpaired) electrons. The Morgan fingerprint density at radius 2 is 1.88 bits per heavy atom. The van der Waals surface area contributed by atoms with E-state index in [2.05, 4.69) is 0 Å². The molecule has 146 valence electrons. The average molecular weight is 364 g/mol. The van der Waals surface area contributed by atoms with Crippen LogP contribution in [0.2, 0.25) is 0 Å². The van der Waals surface area contributed by atoms with Crippen LogP contribution >= 0.6 is 0 Å². The van der Waals surface area contributed by atoms with E-state index in [9.17, 15) is 20.0 Å². The van der Waals surface area contributed by atoms with Gasteiger partial charge in [-0.25, -0.2) is 4.79 Å². The summed E-state index contributed by atoms with van der Waals surface area (Å²) >= 11 is 0. The van der Waals surface area contributed by atoms with Crippen molar-refractivity contribution >= 4 is 6.09 Å². The van der Waals surface area contributed by atoms with Crippen LogP contribution in [0, 0.1) is 10.1 Å².